The van der Waals surface area contributed by atoms with Gasteiger partial charge >= 0.3 is 0 Å². The van der Waals surface area contributed by atoms with Crippen molar-refractivity contribution in [3.05, 3.63) is 32.7 Å². The highest BCUT2D eigenvalue weighted by atomic mass is 79.9. The molecular formula is C12H18Br2N2O. The van der Waals surface area contributed by atoms with Crippen molar-refractivity contribution < 1.29 is 4.74 Å². The van der Waals surface area contributed by atoms with Crippen LogP contribution in [0.3, 0.4) is 0 Å². The van der Waals surface area contributed by atoms with Crippen LogP contribution in [0.15, 0.2) is 27.1 Å². The predicted molar refractivity (Wildman–Crippen MR) is 78.3 cm³/mol. The first-order valence-electron chi connectivity index (χ1n) is 5.57. The maximum Gasteiger partial charge on any atom is 0.0587 e. The number of nitrogens with one attached hydrogen (secondary N) is 2. The summed E-state index contributed by atoms with van der Waals surface area (Å²) in [6.45, 7) is 4.45. The Morgan fingerprint density at radius 1 is 1.00 bits per heavy atom. The Morgan fingerprint density at radius 2 is 1.65 bits per heavy atom. The Labute approximate surface area is 120 Å². The maximum absolute atomic E-state index is 4.95. The van der Waals surface area contributed by atoms with Crippen molar-refractivity contribution in [2.24, 2.45) is 0 Å². The van der Waals surface area contributed by atoms with Crippen LogP contribution in [0.2, 0.25) is 0 Å². The van der Waals surface area contributed by atoms with E-state index in [4.69, 9.17) is 4.74 Å². The monoisotopic (exact) mass is 364 g/mol. The van der Waals surface area contributed by atoms with Crippen LogP contribution >= 0.6 is 31.9 Å². The standard InChI is InChI=1S/C12H18Br2N2O/c1-17-5-4-15-2-3-16-9-10-6-11(13)8-12(14)7-10/h6-8,15-16H,2-5,9H2,1H3. The Balaban J connectivity index is 2.13. The number of halogens is 2. The van der Waals surface area contributed by atoms with Gasteiger partial charge in [0.05, 0.1) is 6.61 Å². The van der Waals surface area contributed by atoms with Crippen molar-refractivity contribution >= 4 is 31.9 Å². The zero-order valence-electron chi connectivity index (χ0n) is 9.93. The zero-order valence-corrected chi connectivity index (χ0v) is 13.1. The van der Waals surface area contributed by atoms with E-state index in [2.05, 4.69) is 54.6 Å². The maximum atomic E-state index is 4.95. The molecule has 0 amide bonds. The minimum atomic E-state index is 0.762. The molecule has 0 spiro atoms. The fourth-order valence-electron chi connectivity index (χ4n) is 1.42. The van der Waals surface area contributed by atoms with Gasteiger partial charge in [-0.3, -0.25) is 0 Å². The van der Waals surface area contributed by atoms with Crippen LogP contribution in [0.1, 0.15) is 5.56 Å². The lowest BCUT2D eigenvalue weighted by molar-refractivity contribution is 0.199. The Hall–Kier alpha value is 0.0600. The number of rotatable bonds is 8. The summed E-state index contributed by atoms with van der Waals surface area (Å²) in [7, 11) is 1.71. The normalized spacial score (nSPS) is 10.8. The SMILES string of the molecule is COCCNCCNCc1cc(Br)cc(Br)c1. The van der Waals surface area contributed by atoms with Crippen LogP contribution in [0.25, 0.3) is 0 Å². The molecule has 0 atom stereocenters. The molecule has 0 saturated heterocycles. The number of ether oxygens (including phenoxy) is 1. The van der Waals surface area contributed by atoms with Crippen LogP contribution < -0.4 is 10.6 Å². The number of methoxy groups -OCH3 is 1. The summed E-state index contributed by atoms with van der Waals surface area (Å²) in [6.07, 6.45) is 0. The molecule has 0 aliphatic heterocycles. The smallest absolute Gasteiger partial charge is 0.0587 e. The Bertz CT molecular complexity index is 314. The molecule has 0 fully saturated rings. The van der Waals surface area contributed by atoms with Crippen molar-refractivity contribution in [3.63, 3.8) is 0 Å². The summed E-state index contributed by atoms with van der Waals surface area (Å²) in [4.78, 5) is 0. The third-order valence-corrected chi connectivity index (χ3v) is 3.13. The zero-order chi connectivity index (χ0) is 12.5. The number of hydrogen-bond acceptors (Lipinski definition) is 3. The minimum Gasteiger partial charge on any atom is -0.383 e. The topological polar surface area (TPSA) is 33.3 Å². The van der Waals surface area contributed by atoms with E-state index < -0.39 is 0 Å². The van der Waals surface area contributed by atoms with E-state index in [1.54, 1.807) is 7.11 Å². The van der Waals surface area contributed by atoms with Crippen molar-refractivity contribution in [1.29, 1.82) is 0 Å². The van der Waals surface area contributed by atoms with E-state index in [1.807, 2.05) is 6.07 Å². The van der Waals surface area contributed by atoms with Gasteiger partial charge in [-0.1, -0.05) is 31.9 Å². The second-order valence-corrected chi connectivity index (χ2v) is 5.53. The lowest BCUT2D eigenvalue weighted by Gasteiger charge is -2.07. The second kappa shape index (κ2) is 9.05. The van der Waals surface area contributed by atoms with Gasteiger partial charge in [0.1, 0.15) is 0 Å². The molecule has 0 unspecified atom stereocenters. The molecule has 0 aliphatic rings. The Morgan fingerprint density at radius 3 is 2.29 bits per heavy atom. The van der Waals surface area contributed by atoms with Crippen molar-refractivity contribution in [3.8, 4) is 0 Å². The average Bonchev–Trinajstić information content (AvgIpc) is 2.26. The molecule has 1 rings (SSSR count). The van der Waals surface area contributed by atoms with Gasteiger partial charge in [0.15, 0.2) is 0 Å². The van der Waals surface area contributed by atoms with Crippen LogP contribution in [0.4, 0.5) is 0 Å². The van der Waals surface area contributed by atoms with E-state index in [1.165, 1.54) is 5.56 Å². The molecule has 0 radical (unpaired) electrons. The summed E-state index contributed by atoms with van der Waals surface area (Å²) in [5.74, 6) is 0. The summed E-state index contributed by atoms with van der Waals surface area (Å²) in [6, 6.07) is 6.28. The molecule has 0 aromatic heterocycles. The van der Waals surface area contributed by atoms with E-state index >= 15 is 0 Å². The fraction of sp³-hybridized carbons (Fsp3) is 0.500. The molecule has 0 bridgehead atoms. The molecule has 0 aliphatic carbocycles. The molecule has 96 valence electrons. The third kappa shape index (κ3) is 7.16. The van der Waals surface area contributed by atoms with E-state index in [0.29, 0.717) is 0 Å². The van der Waals surface area contributed by atoms with Gasteiger partial charge in [0.25, 0.3) is 0 Å². The lowest BCUT2D eigenvalue weighted by Crippen LogP contribution is -2.29. The largest absolute Gasteiger partial charge is 0.383 e. The molecule has 17 heavy (non-hydrogen) atoms. The van der Waals surface area contributed by atoms with Crippen LogP contribution in [-0.4, -0.2) is 33.4 Å². The number of hydrogen-bond donors (Lipinski definition) is 2. The first-order valence-corrected chi connectivity index (χ1v) is 7.16. The highest BCUT2D eigenvalue weighted by Gasteiger charge is 1.97. The van der Waals surface area contributed by atoms with Gasteiger partial charge in [0.2, 0.25) is 0 Å². The van der Waals surface area contributed by atoms with Crippen molar-refractivity contribution in [2.75, 3.05) is 33.4 Å². The Kier molecular flexibility index (Phi) is 8.05. The van der Waals surface area contributed by atoms with E-state index in [-0.39, 0.29) is 0 Å². The highest BCUT2D eigenvalue weighted by Crippen LogP contribution is 2.19. The summed E-state index contributed by atoms with van der Waals surface area (Å²) < 4.78 is 7.15. The van der Waals surface area contributed by atoms with Crippen molar-refractivity contribution in [2.45, 2.75) is 6.54 Å². The molecule has 0 saturated carbocycles. The molecular weight excluding hydrogens is 348 g/mol. The molecule has 2 N–H and O–H groups in total. The third-order valence-electron chi connectivity index (χ3n) is 2.21. The molecule has 1 aromatic rings. The van der Waals surface area contributed by atoms with Crippen LogP contribution in [0, 0.1) is 0 Å². The quantitative estimate of drug-likeness (QED) is 0.694. The van der Waals surface area contributed by atoms with Gasteiger partial charge in [-0.25, -0.2) is 0 Å². The molecule has 1 aromatic carbocycles. The summed E-state index contributed by atoms with van der Waals surface area (Å²) >= 11 is 6.96. The highest BCUT2D eigenvalue weighted by molar-refractivity contribution is 9.11. The fourth-order valence-corrected chi connectivity index (χ4v) is 2.81. The average molecular weight is 366 g/mol. The molecule has 0 heterocycles. The predicted octanol–water partition coefficient (Wildman–Crippen LogP) is 2.54. The van der Waals surface area contributed by atoms with Gasteiger partial charge in [-0.15, -0.1) is 0 Å². The first-order chi connectivity index (χ1) is 8.22. The lowest BCUT2D eigenvalue weighted by atomic mass is 10.2. The molecule has 5 heteroatoms. The van der Waals surface area contributed by atoms with E-state index in [0.717, 1.165) is 41.7 Å². The van der Waals surface area contributed by atoms with E-state index in [9.17, 15) is 0 Å². The second-order valence-electron chi connectivity index (χ2n) is 3.70. The minimum absolute atomic E-state index is 0.762. The van der Waals surface area contributed by atoms with Crippen LogP contribution in [0.5, 0.6) is 0 Å². The number of benzene rings is 1. The van der Waals surface area contributed by atoms with Crippen molar-refractivity contribution in [1.82, 2.24) is 10.6 Å². The van der Waals surface area contributed by atoms with Crippen LogP contribution in [-0.2, 0) is 11.3 Å². The van der Waals surface area contributed by atoms with Gasteiger partial charge in [-0.05, 0) is 23.8 Å². The molecule has 3 nitrogen and oxygen atoms in total. The summed E-state index contributed by atoms with van der Waals surface area (Å²) in [5, 5.41) is 6.68. The summed E-state index contributed by atoms with van der Waals surface area (Å²) in [5.41, 5.74) is 1.27. The van der Waals surface area contributed by atoms with Gasteiger partial charge < -0.3 is 15.4 Å². The van der Waals surface area contributed by atoms with Gasteiger partial charge in [0, 0.05) is 42.2 Å². The first kappa shape index (κ1) is 15.1. The van der Waals surface area contributed by atoms with Gasteiger partial charge in [-0.2, -0.15) is 0 Å².